The number of aryl methyl sites for hydroxylation is 1. The van der Waals surface area contributed by atoms with Gasteiger partial charge in [0.2, 0.25) is 0 Å². The molecule has 0 saturated carbocycles. The number of ether oxygens (including phenoxy) is 1. The number of rotatable bonds is 4. The zero-order valence-corrected chi connectivity index (χ0v) is 11.4. The van der Waals surface area contributed by atoms with Gasteiger partial charge in [0.15, 0.2) is 0 Å². The summed E-state index contributed by atoms with van der Waals surface area (Å²) in [5.41, 5.74) is 2.24. The van der Waals surface area contributed by atoms with Gasteiger partial charge in [0.05, 0.1) is 6.61 Å². The van der Waals surface area contributed by atoms with Gasteiger partial charge in [0.1, 0.15) is 5.75 Å². The number of nitrogens with zero attached hydrogens (tertiary/aromatic N) is 1. The lowest BCUT2D eigenvalue weighted by Gasteiger charge is -2.32. The fraction of sp³-hybridized carbons (Fsp3) is 0.600. The van der Waals surface area contributed by atoms with E-state index in [0.29, 0.717) is 11.7 Å². The molecule has 3 nitrogen and oxygen atoms in total. The Kier molecular flexibility index (Phi) is 4.61. The molecule has 0 aromatic heterocycles. The molecule has 0 spiro atoms. The van der Waals surface area contributed by atoms with Crippen LogP contribution in [0.25, 0.3) is 0 Å². The van der Waals surface area contributed by atoms with E-state index in [1.807, 2.05) is 6.07 Å². The minimum absolute atomic E-state index is 0.412. The van der Waals surface area contributed by atoms with Crippen molar-refractivity contribution >= 4 is 0 Å². The third-order valence-corrected chi connectivity index (χ3v) is 3.63. The van der Waals surface area contributed by atoms with E-state index in [9.17, 15) is 5.11 Å². The number of hydrogen-bond donors (Lipinski definition) is 1. The summed E-state index contributed by atoms with van der Waals surface area (Å²) < 4.78 is 5.25. The molecule has 18 heavy (non-hydrogen) atoms. The first-order chi connectivity index (χ1) is 8.69. The summed E-state index contributed by atoms with van der Waals surface area (Å²) in [5, 5.41) is 9.88. The van der Waals surface area contributed by atoms with E-state index >= 15 is 0 Å². The van der Waals surface area contributed by atoms with Gasteiger partial charge in [-0.15, -0.1) is 0 Å². The Balaban J connectivity index is 1.98. The molecule has 1 aliphatic heterocycles. The lowest BCUT2D eigenvalue weighted by molar-refractivity contribution is 0.0870. The molecule has 0 bridgehead atoms. The molecule has 1 aromatic rings. The molecule has 0 radical (unpaired) electrons. The Hall–Kier alpha value is -1.06. The lowest BCUT2D eigenvalue weighted by Crippen LogP contribution is -2.36. The first-order valence-corrected chi connectivity index (χ1v) is 6.69. The highest BCUT2D eigenvalue weighted by Gasteiger charge is 2.20. The molecule has 1 heterocycles. The fourth-order valence-corrected chi connectivity index (χ4v) is 2.75. The Morgan fingerprint density at radius 2 is 2.28 bits per heavy atom. The topological polar surface area (TPSA) is 32.7 Å². The van der Waals surface area contributed by atoms with Crippen LogP contribution < -0.4 is 0 Å². The third kappa shape index (κ3) is 3.47. The van der Waals surface area contributed by atoms with Crippen LogP contribution in [0.3, 0.4) is 0 Å². The summed E-state index contributed by atoms with van der Waals surface area (Å²) in [6, 6.07) is 5.82. The average molecular weight is 249 g/mol. The van der Waals surface area contributed by atoms with E-state index in [1.54, 1.807) is 13.2 Å². The molecular weight excluding hydrogens is 226 g/mol. The first kappa shape index (κ1) is 13.4. The number of benzene rings is 1. The van der Waals surface area contributed by atoms with E-state index in [4.69, 9.17) is 4.74 Å². The van der Waals surface area contributed by atoms with Crippen molar-refractivity contribution in [2.75, 3.05) is 26.8 Å². The number of phenolic OH excluding ortho intramolecular Hbond substituents is 1. The molecule has 3 heteroatoms. The second-order valence-corrected chi connectivity index (χ2v) is 5.33. The quantitative estimate of drug-likeness (QED) is 0.890. The molecule has 0 aliphatic carbocycles. The zero-order chi connectivity index (χ0) is 13.0. The van der Waals surface area contributed by atoms with E-state index in [-0.39, 0.29) is 0 Å². The van der Waals surface area contributed by atoms with Crippen molar-refractivity contribution in [3.05, 3.63) is 29.3 Å². The predicted molar refractivity (Wildman–Crippen MR) is 72.7 cm³/mol. The van der Waals surface area contributed by atoms with Crippen LogP contribution in [-0.4, -0.2) is 36.8 Å². The van der Waals surface area contributed by atoms with E-state index in [2.05, 4.69) is 17.9 Å². The summed E-state index contributed by atoms with van der Waals surface area (Å²) in [7, 11) is 1.77. The van der Waals surface area contributed by atoms with E-state index in [0.717, 1.165) is 31.8 Å². The van der Waals surface area contributed by atoms with E-state index < -0.39 is 0 Å². The van der Waals surface area contributed by atoms with Gasteiger partial charge >= 0.3 is 0 Å². The number of likely N-dealkylation sites (tertiary alicyclic amines) is 1. The van der Waals surface area contributed by atoms with Gasteiger partial charge in [-0.2, -0.15) is 0 Å². The lowest BCUT2D eigenvalue weighted by atomic mass is 9.98. The SMILES string of the molecule is COCC1CCCN(Cc2cc(C)ccc2O)C1. The zero-order valence-electron chi connectivity index (χ0n) is 11.4. The molecule has 1 aromatic carbocycles. The van der Waals surface area contributed by atoms with Gasteiger partial charge in [-0.05, 0) is 38.3 Å². The fourth-order valence-electron chi connectivity index (χ4n) is 2.75. The molecule has 0 amide bonds. The molecule has 1 unspecified atom stereocenters. The van der Waals surface area contributed by atoms with Crippen molar-refractivity contribution in [1.82, 2.24) is 4.90 Å². The van der Waals surface area contributed by atoms with Crippen LogP contribution in [0, 0.1) is 12.8 Å². The Labute approximate surface area is 109 Å². The Bertz CT molecular complexity index is 390. The van der Waals surface area contributed by atoms with Crippen molar-refractivity contribution in [2.24, 2.45) is 5.92 Å². The molecule has 1 atom stereocenters. The maximum Gasteiger partial charge on any atom is 0.120 e. The van der Waals surface area contributed by atoms with Crippen LogP contribution in [0.15, 0.2) is 18.2 Å². The number of methoxy groups -OCH3 is 1. The monoisotopic (exact) mass is 249 g/mol. The third-order valence-electron chi connectivity index (χ3n) is 3.63. The van der Waals surface area contributed by atoms with Crippen LogP contribution in [0.5, 0.6) is 5.75 Å². The second kappa shape index (κ2) is 6.21. The Morgan fingerprint density at radius 3 is 3.06 bits per heavy atom. The minimum Gasteiger partial charge on any atom is -0.508 e. The molecular formula is C15H23NO2. The number of piperidine rings is 1. The molecule has 1 saturated heterocycles. The number of hydrogen-bond acceptors (Lipinski definition) is 3. The maximum atomic E-state index is 9.88. The highest BCUT2D eigenvalue weighted by molar-refractivity contribution is 5.35. The minimum atomic E-state index is 0.412. The normalized spacial score (nSPS) is 21.1. The van der Waals surface area contributed by atoms with Crippen LogP contribution in [0.1, 0.15) is 24.0 Å². The smallest absolute Gasteiger partial charge is 0.120 e. The second-order valence-electron chi connectivity index (χ2n) is 5.33. The summed E-state index contributed by atoms with van der Waals surface area (Å²) in [4.78, 5) is 2.42. The molecule has 1 fully saturated rings. The molecule has 2 rings (SSSR count). The van der Waals surface area contributed by atoms with Crippen LogP contribution >= 0.6 is 0 Å². The van der Waals surface area contributed by atoms with Crippen LogP contribution in [0.2, 0.25) is 0 Å². The predicted octanol–water partition coefficient (Wildman–Crippen LogP) is 2.56. The standard InChI is InChI=1S/C15H23NO2/c1-12-5-6-15(17)14(8-12)10-16-7-3-4-13(9-16)11-18-2/h5-6,8,13,17H,3-4,7,9-11H2,1-2H3. The number of aromatic hydroxyl groups is 1. The summed E-state index contributed by atoms with van der Waals surface area (Å²) in [6.07, 6.45) is 2.48. The highest BCUT2D eigenvalue weighted by Crippen LogP contribution is 2.23. The summed E-state index contributed by atoms with van der Waals surface area (Å²) >= 11 is 0. The number of phenols is 1. The average Bonchev–Trinajstić information content (AvgIpc) is 2.35. The van der Waals surface area contributed by atoms with Crippen molar-refractivity contribution < 1.29 is 9.84 Å². The highest BCUT2D eigenvalue weighted by atomic mass is 16.5. The maximum absolute atomic E-state index is 9.88. The van der Waals surface area contributed by atoms with Gasteiger partial charge < -0.3 is 9.84 Å². The van der Waals surface area contributed by atoms with Crippen molar-refractivity contribution in [1.29, 1.82) is 0 Å². The Morgan fingerprint density at radius 1 is 1.44 bits per heavy atom. The summed E-state index contributed by atoms with van der Waals surface area (Å²) in [5.74, 6) is 1.05. The van der Waals surface area contributed by atoms with Gasteiger partial charge in [-0.25, -0.2) is 0 Å². The first-order valence-electron chi connectivity index (χ1n) is 6.69. The van der Waals surface area contributed by atoms with Gasteiger partial charge in [-0.1, -0.05) is 17.7 Å². The molecule has 100 valence electrons. The van der Waals surface area contributed by atoms with Crippen molar-refractivity contribution in [2.45, 2.75) is 26.3 Å². The van der Waals surface area contributed by atoms with Crippen molar-refractivity contribution in [3.63, 3.8) is 0 Å². The molecule has 1 aliphatic rings. The van der Waals surface area contributed by atoms with Gasteiger partial charge in [0, 0.05) is 25.8 Å². The van der Waals surface area contributed by atoms with Crippen LogP contribution in [-0.2, 0) is 11.3 Å². The summed E-state index contributed by atoms with van der Waals surface area (Å²) in [6.45, 7) is 5.94. The van der Waals surface area contributed by atoms with Crippen molar-refractivity contribution in [3.8, 4) is 5.75 Å². The molecule has 1 N–H and O–H groups in total. The van der Waals surface area contributed by atoms with Gasteiger partial charge in [-0.3, -0.25) is 4.90 Å². The van der Waals surface area contributed by atoms with Crippen LogP contribution in [0.4, 0.5) is 0 Å². The van der Waals surface area contributed by atoms with E-state index in [1.165, 1.54) is 18.4 Å². The van der Waals surface area contributed by atoms with Gasteiger partial charge in [0.25, 0.3) is 0 Å². The largest absolute Gasteiger partial charge is 0.508 e.